The van der Waals surface area contributed by atoms with E-state index < -0.39 is 0 Å². The van der Waals surface area contributed by atoms with E-state index in [1.54, 1.807) is 17.6 Å². The molecule has 0 saturated heterocycles. The first kappa shape index (κ1) is 15.7. The van der Waals surface area contributed by atoms with Crippen LogP contribution in [0.3, 0.4) is 0 Å². The molecule has 0 spiro atoms. The second kappa shape index (κ2) is 6.50. The van der Waals surface area contributed by atoms with Gasteiger partial charge in [0.15, 0.2) is 0 Å². The van der Waals surface area contributed by atoms with Gasteiger partial charge in [-0.25, -0.2) is 9.78 Å². The molecule has 1 heterocycles. The van der Waals surface area contributed by atoms with Crippen LogP contribution in [-0.2, 0) is 21.5 Å². The molecule has 1 aromatic heterocycles. The maximum Gasteiger partial charge on any atom is 0.337 e. The lowest BCUT2D eigenvalue weighted by Crippen LogP contribution is -2.35. The van der Waals surface area contributed by atoms with Crippen molar-refractivity contribution in [1.29, 1.82) is 0 Å². The zero-order valence-electron chi connectivity index (χ0n) is 12.9. The first-order valence-electron chi connectivity index (χ1n) is 7.50. The minimum atomic E-state index is -0.353. The Hall–Kier alpha value is -2.21. The van der Waals surface area contributed by atoms with Crippen molar-refractivity contribution in [3.8, 4) is 0 Å². The Labute approximate surface area is 138 Å². The summed E-state index contributed by atoms with van der Waals surface area (Å²) in [4.78, 5) is 27.8. The summed E-state index contributed by atoms with van der Waals surface area (Å²) in [5.41, 5.74) is 4.01. The molecule has 23 heavy (non-hydrogen) atoms. The monoisotopic (exact) mass is 330 g/mol. The van der Waals surface area contributed by atoms with E-state index in [9.17, 15) is 9.59 Å². The molecular formula is C17H18N2O3S. The molecule has 6 heteroatoms. The second-order valence-corrected chi connectivity index (χ2v) is 6.40. The predicted octanol–water partition coefficient (Wildman–Crippen LogP) is 2.67. The molecule has 0 bridgehead atoms. The standard InChI is InChI=1S/C17H18N2O3S/c1-22-16(21)12-2-4-13(5-3-12)17(8-9-17)19-15(20)7-6-14-10-23-11-18-14/h2-5,10-11H,6-9H2,1H3,(H,19,20). The molecule has 1 aromatic carbocycles. The molecule has 5 nitrogen and oxygen atoms in total. The molecule has 0 radical (unpaired) electrons. The molecule has 0 unspecified atom stereocenters. The average molecular weight is 330 g/mol. The second-order valence-electron chi connectivity index (χ2n) is 5.68. The molecular weight excluding hydrogens is 312 g/mol. The molecule has 2 aromatic rings. The predicted molar refractivity (Wildman–Crippen MR) is 87.3 cm³/mol. The highest BCUT2D eigenvalue weighted by Gasteiger charge is 2.45. The first-order chi connectivity index (χ1) is 11.1. The zero-order chi connectivity index (χ0) is 16.3. The summed E-state index contributed by atoms with van der Waals surface area (Å²) in [6.07, 6.45) is 2.94. The summed E-state index contributed by atoms with van der Waals surface area (Å²) in [5.74, 6) is -0.318. The Morgan fingerprint density at radius 1 is 1.30 bits per heavy atom. The molecule has 1 aliphatic rings. The van der Waals surface area contributed by atoms with Crippen molar-refractivity contribution in [2.24, 2.45) is 0 Å². The summed E-state index contributed by atoms with van der Waals surface area (Å²) in [7, 11) is 1.36. The van der Waals surface area contributed by atoms with Gasteiger partial charge in [0.25, 0.3) is 0 Å². The summed E-state index contributed by atoms with van der Waals surface area (Å²) in [6.45, 7) is 0. The van der Waals surface area contributed by atoms with Gasteiger partial charge in [-0.05, 0) is 37.0 Å². The molecule has 0 aliphatic heterocycles. The number of amides is 1. The van der Waals surface area contributed by atoms with Crippen molar-refractivity contribution in [2.45, 2.75) is 31.2 Å². The van der Waals surface area contributed by atoms with Crippen LogP contribution in [0.2, 0.25) is 0 Å². The van der Waals surface area contributed by atoms with Gasteiger partial charge in [0.05, 0.1) is 29.4 Å². The zero-order valence-corrected chi connectivity index (χ0v) is 13.7. The fraction of sp³-hybridized carbons (Fsp3) is 0.353. The SMILES string of the molecule is COC(=O)c1ccc(C2(NC(=O)CCc3cscn3)CC2)cc1. The van der Waals surface area contributed by atoms with Gasteiger partial charge in [-0.2, -0.15) is 0 Å². The van der Waals surface area contributed by atoms with E-state index in [1.165, 1.54) is 18.4 Å². The minimum absolute atomic E-state index is 0.0348. The molecule has 0 atom stereocenters. The summed E-state index contributed by atoms with van der Waals surface area (Å²) < 4.78 is 4.70. The van der Waals surface area contributed by atoms with E-state index in [0.717, 1.165) is 24.1 Å². The quantitative estimate of drug-likeness (QED) is 0.827. The Balaban J connectivity index is 1.60. The number of carbonyl (C=O) groups is 2. The Morgan fingerprint density at radius 3 is 2.61 bits per heavy atom. The fourth-order valence-corrected chi connectivity index (χ4v) is 3.18. The number of nitrogens with zero attached hydrogens (tertiary/aromatic N) is 1. The van der Waals surface area contributed by atoms with Gasteiger partial charge in [0, 0.05) is 11.8 Å². The third kappa shape index (κ3) is 3.59. The molecule has 1 fully saturated rings. The third-order valence-corrected chi connectivity index (χ3v) is 4.71. The van der Waals surface area contributed by atoms with Gasteiger partial charge in [0.2, 0.25) is 5.91 Å². The Bertz CT molecular complexity index is 691. The number of aryl methyl sites for hydroxylation is 1. The van der Waals surface area contributed by atoms with Crippen LogP contribution in [0.5, 0.6) is 0 Å². The van der Waals surface area contributed by atoms with Gasteiger partial charge in [-0.1, -0.05) is 12.1 Å². The van der Waals surface area contributed by atoms with Crippen molar-refractivity contribution >= 4 is 23.2 Å². The number of carbonyl (C=O) groups excluding carboxylic acids is 2. The lowest BCUT2D eigenvalue weighted by Gasteiger charge is -2.18. The molecule has 1 saturated carbocycles. The maximum absolute atomic E-state index is 12.2. The van der Waals surface area contributed by atoms with Gasteiger partial charge in [0.1, 0.15) is 0 Å². The molecule has 3 rings (SSSR count). The summed E-state index contributed by atoms with van der Waals surface area (Å²) >= 11 is 1.54. The number of methoxy groups -OCH3 is 1. The first-order valence-corrected chi connectivity index (χ1v) is 8.44. The molecule has 1 aliphatic carbocycles. The number of esters is 1. The fourth-order valence-electron chi connectivity index (χ4n) is 2.59. The minimum Gasteiger partial charge on any atom is -0.465 e. The maximum atomic E-state index is 12.2. The van der Waals surface area contributed by atoms with Crippen molar-refractivity contribution < 1.29 is 14.3 Å². The number of hydrogen-bond donors (Lipinski definition) is 1. The Kier molecular flexibility index (Phi) is 4.43. The lowest BCUT2D eigenvalue weighted by atomic mass is 10.0. The van der Waals surface area contributed by atoms with Crippen LogP contribution in [0, 0.1) is 0 Å². The van der Waals surface area contributed by atoms with Gasteiger partial charge >= 0.3 is 5.97 Å². The topological polar surface area (TPSA) is 68.3 Å². The molecule has 1 N–H and O–H groups in total. The summed E-state index contributed by atoms with van der Waals surface area (Å²) in [6, 6.07) is 7.26. The number of rotatable bonds is 6. The van der Waals surface area contributed by atoms with E-state index in [0.29, 0.717) is 18.4 Å². The third-order valence-electron chi connectivity index (χ3n) is 4.08. The van der Waals surface area contributed by atoms with E-state index in [2.05, 4.69) is 10.3 Å². The smallest absolute Gasteiger partial charge is 0.337 e. The number of nitrogens with one attached hydrogen (secondary N) is 1. The van der Waals surface area contributed by atoms with Crippen LogP contribution in [0.4, 0.5) is 0 Å². The number of benzene rings is 1. The van der Waals surface area contributed by atoms with Crippen molar-refractivity contribution in [3.05, 3.63) is 52.0 Å². The van der Waals surface area contributed by atoms with Crippen LogP contribution < -0.4 is 5.32 Å². The highest BCUT2D eigenvalue weighted by molar-refractivity contribution is 7.07. The Morgan fingerprint density at radius 2 is 2.04 bits per heavy atom. The van der Waals surface area contributed by atoms with Crippen LogP contribution in [-0.4, -0.2) is 24.0 Å². The lowest BCUT2D eigenvalue weighted by molar-refractivity contribution is -0.122. The molecule has 1 amide bonds. The van der Waals surface area contributed by atoms with Crippen LogP contribution in [0.1, 0.15) is 40.9 Å². The van der Waals surface area contributed by atoms with E-state index >= 15 is 0 Å². The van der Waals surface area contributed by atoms with Crippen molar-refractivity contribution in [3.63, 3.8) is 0 Å². The largest absolute Gasteiger partial charge is 0.465 e. The molecule has 120 valence electrons. The average Bonchev–Trinajstić information content (AvgIpc) is 3.16. The van der Waals surface area contributed by atoms with Crippen molar-refractivity contribution in [1.82, 2.24) is 10.3 Å². The number of thiazole rings is 1. The van der Waals surface area contributed by atoms with Crippen molar-refractivity contribution in [2.75, 3.05) is 7.11 Å². The van der Waals surface area contributed by atoms with Crippen LogP contribution >= 0.6 is 11.3 Å². The number of hydrogen-bond acceptors (Lipinski definition) is 5. The highest BCUT2D eigenvalue weighted by Crippen LogP contribution is 2.45. The van der Waals surface area contributed by atoms with Gasteiger partial charge in [-0.3, -0.25) is 4.79 Å². The van der Waals surface area contributed by atoms with Crippen LogP contribution in [0.25, 0.3) is 0 Å². The van der Waals surface area contributed by atoms with Crippen LogP contribution in [0.15, 0.2) is 35.2 Å². The summed E-state index contributed by atoms with van der Waals surface area (Å²) in [5, 5.41) is 5.09. The normalized spacial score (nSPS) is 15.0. The van der Waals surface area contributed by atoms with Gasteiger partial charge < -0.3 is 10.1 Å². The van der Waals surface area contributed by atoms with E-state index in [4.69, 9.17) is 4.74 Å². The number of aromatic nitrogens is 1. The number of ether oxygens (including phenoxy) is 1. The van der Waals surface area contributed by atoms with E-state index in [-0.39, 0.29) is 17.4 Å². The van der Waals surface area contributed by atoms with Gasteiger partial charge in [-0.15, -0.1) is 11.3 Å². The highest BCUT2D eigenvalue weighted by atomic mass is 32.1. The van der Waals surface area contributed by atoms with E-state index in [1.807, 2.05) is 17.5 Å².